The van der Waals surface area contributed by atoms with Gasteiger partial charge < -0.3 is 0 Å². The van der Waals surface area contributed by atoms with E-state index in [0.29, 0.717) is 0 Å². The molecule has 0 saturated carbocycles. The van der Waals surface area contributed by atoms with Crippen LogP contribution >= 0.6 is 0 Å². The van der Waals surface area contributed by atoms with Crippen molar-refractivity contribution in [2.75, 3.05) is 0 Å². The fraction of sp³-hybridized carbons (Fsp3) is 0.176. The van der Waals surface area contributed by atoms with Crippen molar-refractivity contribution in [2.24, 2.45) is 0 Å². The normalized spacial score (nSPS) is 12.4. The van der Waals surface area contributed by atoms with Gasteiger partial charge in [0.15, 0.2) is 0 Å². The van der Waals surface area contributed by atoms with Crippen molar-refractivity contribution < 1.29 is 0 Å². The molecule has 0 heteroatoms. The smallest absolute Gasteiger partial charge is 0.0150 e. The van der Waals surface area contributed by atoms with Crippen molar-refractivity contribution in [1.29, 1.82) is 0 Å². The third-order valence-electron chi connectivity index (χ3n) is 2.79. The topological polar surface area (TPSA) is 0 Å². The van der Waals surface area contributed by atoms with Crippen LogP contribution in [0.4, 0.5) is 0 Å². The molecule has 0 aliphatic heterocycles. The Morgan fingerprint density at radius 2 is 1.88 bits per heavy atom. The van der Waals surface area contributed by atoms with Crippen LogP contribution in [0.15, 0.2) is 61.2 Å². The summed E-state index contributed by atoms with van der Waals surface area (Å²) in [5.41, 5.74) is 6.19. The van der Waals surface area contributed by atoms with Crippen LogP contribution in [-0.4, -0.2) is 0 Å². The van der Waals surface area contributed by atoms with Crippen molar-refractivity contribution in [3.05, 3.63) is 77.9 Å². The lowest BCUT2D eigenvalue weighted by molar-refractivity contribution is 1.35. The van der Waals surface area contributed by atoms with Gasteiger partial charge in [-0.3, -0.25) is 0 Å². The molecule has 0 unspecified atom stereocenters. The third kappa shape index (κ3) is 3.32. The van der Waals surface area contributed by atoms with Gasteiger partial charge in [0.05, 0.1) is 0 Å². The number of hydrogen-bond acceptors (Lipinski definition) is 0. The van der Waals surface area contributed by atoms with Gasteiger partial charge in [-0.25, -0.2) is 0 Å². The molecule has 0 bridgehead atoms. The summed E-state index contributed by atoms with van der Waals surface area (Å²) in [6, 6.07) is 6.49. The molecule has 0 N–H and O–H groups in total. The highest BCUT2D eigenvalue weighted by Crippen LogP contribution is 2.24. The summed E-state index contributed by atoms with van der Waals surface area (Å²) in [7, 11) is 0. The average molecular weight is 224 g/mol. The molecule has 1 aromatic carbocycles. The number of hydrogen-bond donors (Lipinski definition) is 0. The Kier molecular flexibility index (Phi) is 4.71. The lowest BCUT2D eigenvalue weighted by Crippen LogP contribution is -1.90. The SMILES string of the molecule is C=C/C=C\C(C)=C(/C=C)c1cc(C)ccc1C. The monoisotopic (exact) mass is 224 g/mol. The van der Waals surface area contributed by atoms with E-state index in [-0.39, 0.29) is 0 Å². The second-order valence-electron chi connectivity index (χ2n) is 4.21. The lowest BCUT2D eigenvalue weighted by atomic mass is 9.95. The molecule has 0 spiro atoms. The van der Waals surface area contributed by atoms with Gasteiger partial charge in [-0.2, -0.15) is 0 Å². The van der Waals surface area contributed by atoms with Crippen LogP contribution in [0, 0.1) is 13.8 Å². The van der Waals surface area contributed by atoms with E-state index in [4.69, 9.17) is 0 Å². The van der Waals surface area contributed by atoms with Gasteiger partial charge in [0.2, 0.25) is 0 Å². The molecule has 88 valence electrons. The fourth-order valence-electron chi connectivity index (χ4n) is 1.81. The maximum absolute atomic E-state index is 3.92. The summed E-state index contributed by atoms with van der Waals surface area (Å²) in [6.45, 7) is 13.9. The Labute approximate surface area is 105 Å². The standard InChI is InChI=1S/C17H20/c1-6-8-9-14(4)16(7-2)17-12-13(3)10-11-15(17)5/h6-12H,1-2H2,3-5H3/b9-8-,16-14+. The first-order valence-corrected chi connectivity index (χ1v) is 5.80. The molecule has 0 amide bonds. The zero-order valence-corrected chi connectivity index (χ0v) is 11.0. The van der Waals surface area contributed by atoms with Crippen molar-refractivity contribution in [2.45, 2.75) is 20.8 Å². The third-order valence-corrected chi connectivity index (χ3v) is 2.79. The Morgan fingerprint density at radius 3 is 2.47 bits per heavy atom. The van der Waals surface area contributed by atoms with E-state index in [9.17, 15) is 0 Å². The van der Waals surface area contributed by atoms with Gasteiger partial charge in [0, 0.05) is 0 Å². The quantitative estimate of drug-likeness (QED) is 0.631. The molecule has 17 heavy (non-hydrogen) atoms. The van der Waals surface area contributed by atoms with Gasteiger partial charge in [-0.05, 0) is 43.0 Å². The van der Waals surface area contributed by atoms with Crippen LogP contribution in [0.25, 0.3) is 5.57 Å². The predicted octanol–water partition coefficient (Wildman–Crippen LogP) is 5.01. The average Bonchev–Trinajstić information content (AvgIpc) is 2.32. The second-order valence-corrected chi connectivity index (χ2v) is 4.21. The Balaban J connectivity index is 3.35. The first-order chi connectivity index (χ1) is 8.10. The van der Waals surface area contributed by atoms with E-state index < -0.39 is 0 Å². The van der Waals surface area contributed by atoms with Gasteiger partial charge >= 0.3 is 0 Å². The Bertz CT molecular complexity index is 485. The maximum atomic E-state index is 3.92. The van der Waals surface area contributed by atoms with E-state index >= 15 is 0 Å². The number of aryl methyl sites for hydroxylation is 2. The fourth-order valence-corrected chi connectivity index (χ4v) is 1.81. The van der Waals surface area contributed by atoms with Gasteiger partial charge in [0.25, 0.3) is 0 Å². The summed E-state index contributed by atoms with van der Waals surface area (Å²) in [4.78, 5) is 0. The number of rotatable bonds is 4. The predicted molar refractivity (Wildman–Crippen MR) is 78.0 cm³/mol. The molecule has 0 aromatic heterocycles. The van der Waals surface area contributed by atoms with E-state index in [2.05, 4.69) is 58.2 Å². The molecule has 0 nitrogen and oxygen atoms in total. The van der Waals surface area contributed by atoms with Crippen molar-refractivity contribution in [1.82, 2.24) is 0 Å². The van der Waals surface area contributed by atoms with Gasteiger partial charge in [0.1, 0.15) is 0 Å². The van der Waals surface area contributed by atoms with Crippen molar-refractivity contribution in [3.8, 4) is 0 Å². The van der Waals surface area contributed by atoms with Crippen LogP contribution in [0.2, 0.25) is 0 Å². The van der Waals surface area contributed by atoms with Crippen molar-refractivity contribution in [3.63, 3.8) is 0 Å². The molecule has 0 atom stereocenters. The largest absolute Gasteiger partial charge is 0.0991 e. The van der Waals surface area contributed by atoms with E-state index in [1.807, 2.05) is 12.2 Å². The second kappa shape index (κ2) is 6.05. The summed E-state index contributed by atoms with van der Waals surface area (Å²) in [5, 5.41) is 0. The summed E-state index contributed by atoms with van der Waals surface area (Å²) in [5.74, 6) is 0. The highest BCUT2D eigenvalue weighted by atomic mass is 14.1. The minimum Gasteiger partial charge on any atom is -0.0991 e. The van der Waals surface area contributed by atoms with Crippen LogP contribution in [0.1, 0.15) is 23.6 Å². The summed E-state index contributed by atoms with van der Waals surface area (Å²) < 4.78 is 0. The highest BCUT2D eigenvalue weighted by molar-refractivity contribution is 5.79. The Hall–Kier alpha value is -1.82. The minimum absolute atomic E-state index is 1.18. The minimum atomic E-state index is 1.18. The van der Waals surface area contributed by atoms with Crippen LogP contribution < -0.4 is 0 Å². The number of allylic oxidation sites excluding steroid dienone is 6. The first kappa shape index (κ1) is 13.2. The molecule has 0 aliphatic carbocycles. The molecule has 1 rings (SSSR count). The number of benzene rings is 1. The zero-order chi connectivity index (χ0) is 12.8. The highest BCUT2D eigenvalue weighted by Gasteiger charge is 2.04. The zero-order valence-electron chi connectivity index (χ0n) is 11.0. The molecule has 1 aromatic rings. The molecule has 0 saturated heterocycles. The molecule has 0 heterocycles. The van der Waals surface area contributed by atoms with E-state index in [0.717, 1.165) is 0 Å². The van der Waals surface area contributed by atoms with Crippen LogP contribution in [0.3, 0.4) is 0 Å². The molecular weight excluding hydrogens is 204 g/mol. The van der Waals surface area contributed by atoms with Crippen LogP contribution in [0.5, 0.6) is 0 Å². The van der Waals surface area contributed by atoms with Gasteiger partial charge in [-0.15, -0.1) is 0 Å². The molecule has 0 aliphatic rings. The summed E-state index contributed by atoms with van der Waals surface area (Å²) in [6.07, 6.45) is 7.72. The van der Waals surface area contributed by atoms with E-state index in [1.165, 1.54) is 27.8 Å². The maximum Gasteiger partial charge on any atom is -0.0150 e. The molecular formula is C17H20. The van der Waals surface area contributed by atoms with Gasteiger partial charge in [-0.1, -0.05) is 61.2 Å². The first-order valence-electron chi connectivity index (χ1n) is 5.80. The van der Waals surface area contributed by atoms with E-state index in [1.54, 1.807) is 6.08 Å². The Morgan fingerprint density at radius 1 is 1.18 bits per heavy atom. The lowest BCUT2D eigenvalue weighted by Gasteiger charge is -2.10. The van der Waals surface area contributed by atoms with Crippen molar-refractivity contribution >= 4 is 5.57 Å². The summed E-state index contributed by atoms with van der Waals surface area (Å²) >= 11 is 0. The molecule has 0 radical (unpaired) electrons. The van der Waals surface area contributed by atoms with Crippen LogP contribution in [-0.2, 0) is 0 Å². The molecule has 0 fully saturated rings.